The quantitative estimate of drug-likeness (QED) is 0.731. The molecule has 2 aromatic heterocycles. The minimum Gasteiger partial charge on any atom is -0.440 e. The molecule has 3 aromatic rings. The van der Waals surface area contributed by atoms with Crippen LogP contribution in [0.4, 0.5) is 8.78 Å². The summed E-state index contributed by atoms with van der Waals surface area (Å²) in [4.78, 5) is 17.5. The average Bonchev–Trinajstić information content (AvgIpc) is 3.20. The van der Waals surface area contributed by atoms with Crippen LogP contribution in [0.2, 0.25) is 0 Å². The van der Waals surface area contributed by atoms with Crippen molar-refractivity contribution >= 4 is 17.2 Å². The van der Waals surface area contributed by atoms with Crippen molar-refractivity contribution in [1.82, 2.24) is 10.3 Å². The first-order valence-corrected chi connectivity index (χ1v) is 8.56. The lowest BCUT2D eigenvalue weighted by Gasteiger charge is -2.14. The van der Waals surface area contributed by atoms with Crippen molar-refractivity contribution in [3.63, 3.8) is 0 Å². The van der Waals surface area contributed by atoms with Crippen molar-refractivity contribution in [2.24, 2.45) is 0 Å². The summed E-state index contributed by atoms with van der Waals surface area (Å²) >= 11 is 1.50. The summed E-state index contributed by atoms with van der Waals surface area (Å²) in [7, 11) is 0. The largest absolute Gasteiger partial charge is 0.440 e. The Morgan fingerprint density at radius 2 is 2.12 bits per heavy atom. The van der Waals surface area contributed by atoms with Gasteiger partial charge in [-0.05, 0) is 43.0 Å². The number of nitrogens with zero attached hydrogens (tertiary/aromatic N) is 1. The first-order valence-electron chi connectivity index (χ1n) is 7.68. The normalized spacial score (nSPS) is 12.2. The Balaban J connectivity index is 1.67. The third-order valence-corrected chi connectivity index (χ3v) is 4.63. The number of halogens is 2. The molecule has 0 saturated heterocycles. The zero-order valence-corrected chi connectivity index (χ0v) is 14.5. The molecule has 25 heavy (non-hydrogen) atoms. The van der Waals surface area contributed by atoms with Crippen LogP contribution in [0.15, 0.2) is 40.1 Å². The number of nitrogens with one attached hydrogen (secondary N) is 1. The molecule has 1 atom stereocenters. The van der Waals surface area contributed by atoms with Crippen LogP contribution in [0, 0.1) is 18.6 Å². The van der Waals surface area contributed by atoms with Crippen molar-refractivity contribution in [3.05, 3.63) is 64.4 Å². The van der Waals surface area contributed by atoms with E-state index in [1.807, 2.05) is 17.5 Å². The molecule has 0 spiro atoms. The molecule has 0 radical (unpaired) electrons. The zero-order chi connectivity index (χ0) is 18.0. The molecule has 3 rings (SSSR count). The number of aromatic nitrogens is 1. The maximum atomic E-state index is 13.3. The van der Waals surface area contributed by atoms with E-state index in [1.165, 1.54) is 17.4 Å². The second-order valence-electron chi connectivity index (χ2n) is 5.64. The highest BCUT2D eigenvalue weighted by Gasteiger charge is 2.17. The lowest BCUT2D eigenvalue weighted by Crippen LogP contribution is -2.28. The zero-order valence-electron chi connectivity index (χ0n) is 13.7. The van der Waals surface area contributed by atoms with Crippen molar-refractivity contribution < 1.29 is 18.0 Å². The van der Waals surface area contributed by atoms with Gasteiger partial charge in [0.05, 0.1) is 23.0 Å². The van der Waals surface area contributed by atoms with E-state index in [4.69, 9.17) is 4.42 Å². The topological polar surface area (TPSA) is 55.1 Å². The molecule has 4 nitrogen and oxygen atoms in total. The molecule has 0 aliphatic rings. The number of thiophene rings is 1. The summed E-state index contributed by atoms with van der Waals surface area (Å²) in [5, 5.41) is 4.68. The van der Waals surface area contributed by atoms with Crippen LogP contribution in [0.1, 0.15) is 30.0 Å². The minimum atomic E-state index is -0.938. The smallest absolute Gasteiger partial charge is 0.236 e. The predicted molar refractivity (Wildman–Crippen MR) is 91.2 cm³/mol. The van der Waals surface area contributed by atoms with E-state index in [2.05, 4.69) is 10.3 Å². The lowest BCUT2D eigenvalue weighted by molar-refractivity contribution is -0.121. The molecule has 1 N–H and O–H groups in total. The fraction of sp³-hybridized carbons (Fsp3) is 0.222. The number of oxazole rings is 1. The van der Waals surface area contributed by atoms with Gasteiger partial charge in [-0.15, -0.1) is 11.3 Å². The van der Waals surface area contributed by atoms with E-state index < -0.39 is 17.7 Å². The molecule has 1 unspecified atom stereocenters. The number of hydrogen-bond donors (Lipinski definition) is 1. The highest BCUT2D eigenvalue weighted by Crippen LogP contribution is 2.26. The van der Waals surface area contributed by atoms with Gasteiger partial charge in [0.15, 0.2) is 11.6 Å². The second-order valence-corrected chi connectivity index (χ2v) is 6.59. The van der Waals surface area contributed by atoms with Gasteiger partial charge in [-0.1, -0.05) is 12.1 Å². The van der Waals surface area contributed by atoms with Crippen LogP contribution in [-0.2, 0) is 11.2 Å². The van der Waals surface area contributed by atoms with Crippen LogP contribution in [0.5, 0.6) is 0 Å². The number of aryl methyl sites for hydroxylation is 1. The van der Waals surface area contributed by atoms with E-state index in [1.54, 1.807) is 13.8 Å². The number of carbonyl (C=O) groups excluding carboxylic acids is 1. The number of carbonyl (C=O) groups is 1. The monoisotopic (exact) mass is 362 g/mol. The van der Waals surface area contributed by atoms with E-state index in [9.17, 15) is 13.6 Å². The van der Waals surface area contributed by atoms with Gasteiger partial charge >= 0.3 is 0 Å². The molecule has 7 heteroatoms. The van der Waals surface area contributed by atoms with Gasteiger partial charge < -0.3 is 9.73 Å². The summed E-state index contributed by atoms with van der Waals surface area (Å²) in [5.74, 6) is -1.05. The molecule has 1 amide bonds. The van der Waals surface area contributed by atoms with E-state index in [-0.39, 0.29) is 12.3 Å². The van der Waals surface area contributed by atoms with Gasteiger partial charge in [-0.25, -0.2) is 13.8 Å². The molecule has 130 valence electrons. The summed E-state index contributed by atoms with van der Waals surface area (Å²) in [5.41, 5.74) is 1.04. The van der Waals surface area contributed by atoms with Crippen LogP contribution in [-0.4, -0.2) is 10.9 Å². The Morgan fingerprint density at radius 1 is 1.32 bits per heavy atom. The van der Waals surface area contributed by atoms with Crippen LogP contribution in [0.3, 0.4) is 0 Å². The molecule has 0 fully saturated rings. The Kier molecular flexibility index (Phi) is 4.94. The second kappa shape index (κ2) is 7.14. The van der Waals surface area contributed by atoms with E-state index in [0.29, 0.717) is 22.9 Å². The minimum absolute atomic E-state index is 0.0503. The standard InChI is InChI=1S/C18H16F2N2O2S/c1-10(12-5-6-13(19)14(20)8-12)21-17(23)9-15-11(2)24-18(22-15)16-4-3-7-25-16/h3-8,10H,9H2,1-2H3,(H,21,23). The summed E-state index contributed by atoms with van der Waals surface area (Å²) in [6.07, 6.45) is 0.0503. The molecule has 2 heterocycles. The highest BCUT2D eigenvalue weighted by molar-refractivity contribution is 7.13. The fourth-order valence-electron chi connectivity index (χ4n) is 2.41. The van der Waals surface area contributed by atoms with Crippen molar-refractivity contribution in [1.29, 1.82) is 0 Å². The third kappa shape index (κ3) is 3.93. The molecular formula is C18H16F2N2O2S. The number of amides is 1. The first kappa shape index (κ1) is 17.3. The first-order chi connectivity index (χ1) is 11.9. The number of benzene rings is 1. The highest BCUT2D eigenvalue weighted by atomic mass is 32.1. The van der Waals surface area contributed by atoms with Crippen LogP contribution in [0.25, 0.3) is 10.8 Å². The average molecular weight is 362 g/mol. The van der Waals surface area contributed by atoms with Crippen LogP contribution < -0.4 is 5.32 Å². The van der Waals surface area contributed by atoms with Gasteiger partial charge in [0.2, 0.25) is 11.8 Å². The molecule has 0 aliphatic carbocycles. The van der Waals surface area contributed by atoms with Gasteiger partial charge in [0.1, 0.15) is 5.76 Å². The van der Waals surface area contributed by atoms with Gasteiger partial charge in [-0.2, -0.15) is 0 Å². The Morgan fingerprint density at radius 3 is 2.80 bits per heavy atom. The predicted octanol–water partition coefficient (Wildman–Crippen LogP) is 4.41. The maximum Gasteiger partial charge on any atom is 0.236 e. The maximum absolute atomic E-state index is 13.3. The van der Waals surface area contributed by atoms with Crippen molar-refractivity contribution in [3.8, 4) is 10.8 Å². The summed E-state index contributed by atoms with van der Waals surface area (Å²) in [6, 6.07) is 6.91. The van der Waals surface area contributed by atoms with Crippen LogP contribution >= 0.6 is 11.3 Å². The molecule has 0 aliphatic heterocycles. The molecule has 1 aromatic carbocycles. The third-order valence-electron chi connectivity index (χ3n) is 3.77. The lowest BCUT2D eigenvalue weighted by atomic mass is 10.1. The molecule has 0 bridgehead atoms. The summed E-state index contributed by atoms with van der Waals surface area (Å²) < 4.78 is 31.9. The summed E-state index contributed by atoms with van der Waals surface area (Å²) in [6.45, 7) is 3.46. The number of rotatable bonds is 5. The fourth-order valence-corrected chi connectivity index (χ4v) is 3.06. The van der Waals surface area contributed by atoms with Crippen molar-refractivity contribution in [2.75, 3.05) is 0 Å². The van der Waals surface area contributed by atoms with Gasteiger partial charge in [-0.3, -0.25) is 4.79 Å². The van der Waals surface area contributed by atoms with Gasteiger partial charge in [0.25, 0.3) is 0 Å². The van der Waals surface area contributed by atoms with Crippen molar-refractivity contribution in [2.45, 2.75) is 26.3 Å². The Labute approximate surface area is 147 Å². The van der Waals surface area contributed by atoms with E-state index in [0.717, 1.165) is 17.0 Å². The van der Waals surface area contributed by atoms with Gasteiger partial charge in [0, 0.05) is 0 Å². The SMILES string of the molecule is Cc1oc(-c2cccs2)nc1CC(=O)NC(C)c1ccc(F)c(F)c1. The molecular weight excluding hydrogens is 346 g/mol. The molecule has 0 saturated carbocycles. The Hall–Kier alpha value is -2.54. The number of hydrogen-bond acceptors (Lipinski definition) is 4. The Bertz CT molecular complexity index is 891. The van der Waals surface area contributed by atoms with E-state index >= 15 is 0 Å².